The number of hydrogen-bond acceptors (Lipinski definition) is 3. The van der Waals surface area contributed by atoms with Crippen LogP contribution in [0.3, 0.4) is 0 Å². The maximum atomic E-state index is 12.0. The molecule has 0 bridgehead atoms. The van der Waals surface area contributed by atoms with Crippen LogP contribution < -0.4 is 4.74 Å². The molecule has 1 aromatic carbocycles. The number of benzene rings is 1. The summed E-state index contributed by atoms with van der Waals surface area (Å²) in [5.41, 5.74) is 0.314. The Hall–Kier alpha value is -1.55. The van der Waals surface area contributed by atoms with E-state index in [4.69, 9.17) is 4.74 Å². The molecule has 126 valence electrons. The van der Waals surface area contributed by atoms with Crippen LogP contribution >= 0.6 is 0 Å². The summed E-state index contributed by atoms with van der Waals surface area (Å²) in [5.74, 6) is 1.28. The number of carbonyl (C=O) groups is 1. The van der Waals surface area contributed by atoms with Crippen LogP contribution in [-0.2, 0) is 4.79 Å². The Morgan fingerprint density at radius 3 is 2.78 bits per heavy atom. The molecule has 2 aliphatic rings. The molecule has 2 aliphatic heterocycles. The zero-order valence-corrected chi connectivity index (χ0v) is 14.2. The Morgan fingerprint density at radius 2 is 2.00 bits per heavy atom. The summed E-state index contributed by atoms with van der Waals surface area (Å²) < 4.78 is 5.84. The number of para-hydroxylation sites is 1. The van der Waals surface area contributed by atoms with Crippen molar-refractivity contribution in [3.63, 3.8) is 0 Å². The van der Waals surface area contributed by atoms with E-state index in [1.807, 2.05) is 35.2 Å². The van der Waals surface area contributed by atoms with Crippen LogP contribution in [0.2, 0.25) is 0 Å². The van der Waals surface area contributed by atoms with E-state index in [0.29, 0.717) is 11.3 Å². The molecule has 2 saturated heterocycles. The van der Waals surface area contributed by atoms with Gasteiger partial charge in [-0.1, -0.05) is 18.2 Å². The zero-order valence-electron chi connectivity index (χ0n) is 14.2. The summed E-state index contributed by atoms with van der Waals surface area (Å²) in [6, 6.07) is 10.0. The summed E-state index contributed by atoms with van der Waals surface area (Å²) in [7, 11) is 0. The normalized spacial score (nSPS) is 25.8. The lowest BCUT2D eigenvalue weighted by Gasteiger charge is -2.48. The highest BCUT2D eigenvalue weighted by Crippen LogP contribution is 2.38. The summed E-state index contributed by atoms with van der Waals surface area (Å²) in [5, 5.41) is 0. The highest BCUT2D eigenvalue weighted by Gasteiger charge is 2.41. The number of carbonyl (C=O) groups excluding carboxylic acids is 1. The minimum absolute atomic E-state index is 0.314. The third kappa shape index (κ3) is 4.05. The predicted octanol–water partition coefficient (Wildman–Crippen LogP) is 2.79. The van der Waals surface area contributed by atoms with Gasteiger partial charge in [-0.15, -0.1) is 0 Å². The van der Waals surface area contributed by atoms with Crippen LogP contribution in [0.4, 0.5) is 0 Å². The lowest BCUT2D eigenvalue weighted by molar-refractivity contribution is -0.139. The number of nitrogens with zero attached hydrogens (tertiary/aromatic N) is 2. The summed E-state index contributed by atoms with van der Waals surface area (Å²) in [4.78, 5) is 16.5. The molecule has 2 fully saturated rings. The van der Waals surface area contributed by atoms with Crippen LogP contribution in [0.15, 0.2) is 30.3 Å². The van der Waals surface area contributed by atoms with Crippen LogP contribution in [-0.4, -0.2) is 55.0 Å². The van der Waals surface area contributed by atoms with E-state index in [1.165, 1.54) is 12.8 Å². The number of hydrogen-bond donors (Lipinski definition) is 0. The van der Waals surface area contributed by atoms with Gasteiger partial charge in [0, 0.05) is 38.0 Å². The topological polar surface area (TPSA) is 32.8 Å². The molecule has 0 aliphatic carbocycles. The van der Waals surface area contributed by atoms with Crippen LogP contribution in [0.5, 0.6) is 5.75 Å². The van der Waals surface area contributed by atoms with Crippen LogP contribution in [0, 0.1) is 5.41 Å². The Balaban J connectivity index is 1.51. The molecule has 1 spiro atoms. The van der Waals surface area contributed by atoms with Crippen molar-refractivity contribution in [1.82, 2.24) is 9.80 Å². The first-order chi connectivity index (χ1) is 11.2. The van der Waals surface area contributed by atoms with Gasteiger partial charge in [-0.3, -0.25) is 9.69 Å². The molecular weight excluding hydrogens is 288 g/mol. The van der Waals surface area contributed by atoms with Gasteiger partial charge in [0.2, 0.25) is 5.91 Å². The molecule has 3 rings (SSSR count). The Labute approximate surface area is 139 Å². The molecule has 4 nitrogen and oxygen atoms in total. The van der Waals surface area contributed by atoms with Gasteiger partial charge in [-0.05, 0) is 44.9 Å². The van der Waals surface area contributed by atoms with Crippen molar-refractivity contribution in [2.45, 2.75) is 32.6 Å². The lowest BCUT2D eigenvalue weighted by Crippen LogP contribution is -2.54. The van der Waals surface area contributed by atoms with Gasteiger partial charge in [0.05, 0.1) is 0 Å². The average molecular weight is 316 g/mol. The van der Waals surface area contributed by atoms with E-state index < -0.39 is 0 Å². The SMILES string of the molecule is CCN1C[C@@]2(CCCN(CCOc3ccccc3)C2)CCC1=O. The van der Waals surface area contributed by atoms with E-state index in [0.717, 1.165) is 57.9 Å². The Morgan fingerprint density at radius 1 is 1.17 bits per heavy atom. The number of likely N-dealkylation sites (tertiary alicyclic amines) is 2. The minimum atomic E-state index is 0.314. The maximum absolute atomic E-state index is 12.0. The van der Waals surface area contributed by atoms with Crippen molar-refractivity contribution in [3.8, 4) is 5.75 Å². The van der Waals surface area contributed by atoms with Crippen molar-refractivity contribution >= 4 is 5.91 Å². The summed E-state index contributed by atoms with van der Waals surface area (Å²) in [6.07, 6.45) is 4.27. The zero-order chi connectivity index (χ0) is 16.1. The molecular formula is C19H28N2O2. The third-order valence-corrected chi connectivity index (χ3v) is 5.29. The number of ether oxygens (including phenoxy) is 1. The number of amides is 1. The van der Waals surface area contributed by atoms with Crippen LogP contribution in [0.1, 0.15) is 32.6 Å². The molecule has 0 unspecified atom stereocenters. The first-order valence-corrected chi connectivity index (χ1v) is 8.89. The number of rotatable bonds is 5. The third-order valence-electron chi connectivity index (χ3n) is 5.29. The van der Waals surface area contributed by atoms with Gasteiger partial charge < -0.3 is 9.64 Å². The van der Waals surface area contributed by atoms with Gasteiger partial charge in [-0.2, -0.15) is 0 Å². The monoisotopic (exact) mass is 316 g/mol. The van der Waals surface area contributed by atoms with Gasteiger partial charge in [-0.25, -0.2) is 0 Å². The minimum Gasteiger partial charge on any atom is -0.492 e. The Kier molecular flexibility index (Phi) is 5.21. The summed E-state index contributed by atoms with van der Waals surface area (Å²) >= 11 is 0. The first kappa shape index (κ1) is 16.3. The van der Waals surface area contributed by atoms with Gasteiger partial charge >= 0.3 is 0 Å². The van der Waals surface area contributed by atoms with E-state index in [-0.39, 0.29) is 0 Å². The highest BCUT2D eigenvalue weighted by molar-refractivity contribution is 5.77. The quantitative estimate of drug-likeness (QED) is 0.837. The van der Waals surface area contributed by atoms with Crippen LogP contribution in [0.25, 0.3) is 0 Å². The van der Waals surface area contributed by atoms with E-state index >= 15 is 0 Å². The van der Waals surface area contributed by atoms with Crippen molar-refractivity contribution in [3.05, 3.63) is 30.3 Å². The molecule has 0 N–H and O–H groups in total. The van der Waals surface area contributed by atoms with Gasteiger partial charge in [0.25, 0.3) is 0 Å². The molecule has 0 radical (unpaired) electrons. The average Bonchev–Trinajstić information content (AvgIpc) is 2.59. The fourth-order valence-corrected chi connectivity index (χ4v) is 4.03. The standard InChI is InChI=1S/C19H28N2O2/c1-2-21-16-19(11-9-18(21)22)10-6-12-20(15-19)13-14-23-17-7-4-3-5-8-17/h3-5,7-8H,2,6,9-16H2,1H3/t19-/m0/s1. The van der Waals surface area contributed by atoms with Crippen molar-refractivity contribution < 1.29 is 9.53 Å². The van der Waals surface area contributed by atoms with Crippen molar-refractivity contribution in [2.24, 2.45) is 5.41 Å². The summed E-state index contributed by atoms with van der Waals surface area (Å²) in [6.45, 7) is 7.84. The van der Waals surface area contributed by atoms with E-state index in [1.54, 1.807) is 0 Å². The largest absolute Gasteiger partial charge is 0.492 e. The molecule has 1 aromatic rings. The van der Waals surface area contributed by atoms with Gasteiger partial charge in [0.15, 0.2) is 0 Å². The molecule has 2 heterocycles. The van der Waals surface area contributed by atoms with E-state index in [9.17, 15) is 4.79 Å². The molecule has 23 heavy (non-hydrogen) atoms. The highest BCUT2D eigenvalue weighted by atomic mass is 16.5. The second kappa shape index (κ2) is 7.35. The number of piperidine rings is 2. The first-order valence-electron chi connectivity index (χ1n) is 8.89. The fraction of sp³-hybridized carbons (Fsp3) is 0.632. The maximum Gasteiger partial charge on any atom is 0.222 e. The molecule has 0 aromatic heterocycles. The Bertz CT molecular complexity index is 519. The van der Waals surface area contributed by atoms with Crippen molar-refractivity contribution in [2.75, 3.05) is 39.3 Å². The molecule has 4 heteroatoms. The lowest BCUT2D eigenvalue weighted by atomic mass is 9.73. The molecule has 0 saturated carbocycles. The van der Waals surface area contributed by atoms with Gasteiger partial charge in [0.1, 0.15) is 12.4 Å². The second-order valence-corrected chi connectivity index (χ2v) is 6.95. The molecule has 1 amide bonds. The smallest absolute Gasteiger partial charge is 0.222 e. The fourth-order valence-electron chi connectivity index (χ4n) is 4.03. The second-order valence-electron chi connectivity index (χ2n) is 6.95. The molecule has 1 atom stereocenters. The van der Waals surface area contributed by atoms with Crippen molar-refractivity contribution in [1.29, 1.82) is 0 Å². The predicted molar refractivity (Wildman–Crippen MR) is 91.5 cm³/mol. The van der Waals surface area contributed by atoms with E-state index in [2.05, 4.69) is 11.8 Å².